The van der Waals surface area contributed by atoms with Gasteiger partial charge in [0.2, 0.25) is 16.0 Å². The number of hydrogen-bond acceptors (Lipinski definition) is 6. The Morgan fingerprint density at radius 2 is 1.81 bits per heavy atom. The fraction of sp³-hybridized carbons (Fsp3) is 0.389. The van der Waals surface area contributed by atoms with Crippen LogP contribution in [0.4, 0.5) is 5.95 Å². The lowest BCUT2D eigenvalue weighted by Gasteiger charge is -2.16. The van der Waals surface area contributed by atoms with E-state index in [1.165, 1.54) is 31.2 Å². The smallest absolute Gasteiger partial charge is 0.240 e. The number of anilines is 1. The van der Waals surface area contributed by atoms with E-state index in [1.54, 1.807) is 6.07 Å². The minimum absolute atomic E-state index is 0.0843. The van der Waals surface area contributed by atoms with Gasteiger partial charge in [0, 0.05) is 24.3 Å². The lowest BCUT2D eigenvalue weighted by atomic mass is 10.2. The van der Waals surface area contributed by atoms with Gasteiger partial charge in [0.15, 0.2) is 5.78 Å². The fourth-order valence-electron chi connectivity index (χ4n) is 2.89. The molecule has 1 aliphatic rings. The topological polar surface area (TPSA) is 92.3 Å². The molecule has 0 saturated carbocycles. The molecule has 138 valence electrons. The molecule has 26 heavy (non-hydrogen) atoms. The summed E-state index contributed by atoms with van der Waals surface area (Å²) in [4.78, 5) is 22.5. The molecule has 1 aromatic carbocycles. The van der Waals surface area contributed by atoms with Gasteiger partial charge in [0.25, 0.3) is 0 Å². The minimum Gasteiger partial charge on any atom is -0.341 e. The van der Waals surface area contributed by atoms with Crippen molar-refractivity contribution in [2.24, 2.45) is 0 Å². The first-order chi connectivity index (χ1) is 12.3. The van der Waals surface area contributed by atoms with Gasteiger partial charge in [-0.1, -0.05) is 12.1 Å². The zero-order chi connectivity index (χ0) is 18.7. The van der Waals surface area contributed by atoms with Gasteiger partial charge in [0.05, 0.1) is 17.1 Å². The molecule has 0 aliphatic carbocycles. The van der Waals surface area contributed by atoms with E-state index in [-0.39, 0.29) is 17.2 Å². The van der Waals surface area contributed by atoms with E-state index in [0.29, 0.717) is 17.2 Å². The van der Waals surface area contributed by atoms with Gasteiger partial charge in [-0.2, -0.15) is 0 Å². The Morgan fingerprint density at radius 3 is 2.42 bits per heavy atom. The number of nitrogens with zero attached hydrogens (tertiary/aromatic N) is 3. The fourth-order valence-corrected chi connectivity index (χ4v) is 3.89. The molecule has 1 N–H and O–H groups in total. The van der Waals surface area contributed by atoms with Crippen LogP contribution in [-0.2, 0) is 16.6 Å². The van der Waals surface area contributed by atoms with Crippen LogP contribution >= 0.6 is 0 Å². The highest BCUT2D eigenvalue weighted by Gasteiger charge is 2.18. The molecule has 1 aliphatic heterocycles. The van der Waals surface area contributed by atoms with Crippen LogP contribution in [0.3, 0.4) is 0 Å². The van der Waals surface area contributed by atoms with Crippen molar-refractivity contribution in [3.05, 3.63) is 47.3 Å². The van der Waals surface area contributed by atoms with Crippen molar-refractivity contribution in [2.75, 3.05) is 18.0 Å². The average molecular weight is 374 g/mol. The number of carbonyl (C=O) groups is 1. The lowest BCUT2D eigenvalue weighted by molar-refractivity contribution is 0.101. The number of rotatable bonds is 6. The molecule has 0 radical (unpaired) electrons. The highest BCUT2D eigenvalue weighted by atomic mass is 32.2. The Morgan fingerprint density at radius 1 is 1.15 bits per heavy atom. The zero-order valence-electron chi connectivity index (χ0n) is 14.9. The second-order valence-electron chi connectivity index (χ2n) is 6.40. The van der Waals surface area contributed by atoms with Crippen molar-refractivity contribution >= 4 is 21.8 Å². The number of benzene rings is 1. The van der Waals surface area contributed by atoms with E-state index in [4.69, 9.17) is 0 Å². The maximum Gasteiger partial charge on any atom is 0.240 e. The maximum absolute atomic E-state index is 12.5. The van der Waals surface area contributed by atoms with Gasteiger partial charge in [0.1, 0.15) is 0 Å². The molecular formula is C18H22N4O3S. The van der Waals surface area contributed by atoms with Crippen molar-refractivity contribution in [2.45, 2.75) is 38.1 Å². The Labute approximate surface area is 153 Å². The van der Waals surface area contributed by atoms with Crippen molar-refractivity contribution < 1.29 is 13.2 Å². The molecule has 0 atom stereocenters. The van der Waals surface area contributed by atoms with E-state index < -0.39 is 10.0 Å². The molecule has 2 heterocycles. The molecule has 1 fully saturated rings. The second kappa shape index (κ2) is 7.51. The Bertz CT molecular complexity index is 905. The van der Waals surface area contributed by atoms with Crippen LogP contribution < -0.4 is 9.62 Å². The first kappa shape index (κ1) is 18.5. The Kier molecular flexibility index (Phi) is 5.33. The first-order valence-corrected chi connectivity index (χ1v) is 10.0. The lowest BCUT2D eigenvalue weighted by Crippen LogP contribution is -2.25. The number of Topliss-reactive ketones (excluding diaryl/α,β-unsaturated/α-hetero) is 1. The van der Waals surface area contributed by atoms with E-state index >= 15 is 0 Å². The highest BCUT2D eigenvalue weighted by Crippen LogP contribution is 2.17. The van der Waals surface area contributed by atoms with Gasteiger partial charge in [-0.05, 0) is 44.9 Å². The number of sulfonamides is 1. The van der Waals surface area contributed by atoms with Crippen LogP contribution in [0, 0.1) is 6.92 Å². The Hall–Kier alpha value is -2.32. The summed E-state index contributed by atoms with van der Waals surface area (Å²) in [7, 11) is -3.68. The van der Waals surface area contributed by atoms with Crippen molar-refractivity contribution in [3.8, 4) is 0 Å². The van der Waals surface area contributed by atoms with E-state index in [0.717, 1.165) is 31.6 Å². The number of aromatic nitrogens is 2. The zero-order valence-corrected chi connectivity index (χ0v) is 15.7. The summed E-state index contributed by atoms with van der Waals surface area (Å²) in [5, 5.41) is 0. The largest absolute Gasteiger partial charge is 0.341 e. The molecule has 1 aromatic heterocycles. The number of aryl methyl sites for hydroxylation is 1. The molecule has 0 spiro atoms. The molecule has 0 amide bonds. The molecule has 1 saturated heterocycles. The number of ketones is 1. The van der Waals surface area contributed by atoms with Gasteiger partial charge < -0.3 is 4.90 Å². The summed E-state index contributed by atoms with van der Waals surface area (Å²) in [6.45, 7) is 5.26. The van der Waals surface area contributed by atoms with Crippen LogP contribution in [0.15, 0.2) is 35.2 Å². The standard InChI is InChI=1S/C18H22N4O3S/c1-13-11-16(21-18(20-13)22-9-3-4-10-22)12-19-26(24,25)17-7-5-15(6-8-17)14(2)23/h5-8,11,19H,3-4,9-10,12H2,1-2H3. The van der Waals surface area contributed by atoms with Crippen LogP contribution in [0.1, 0.15) is 41.5 Å². The first-order valence-electron chi connectivity index (χ1n) is 8.55. The summed E-state index contributed by atoms with van der Waals surface area (Å²) in [5.74, 6) is 0.551. The number of carbonyl (C=O) groups excluding carboxylic acids is 1. The van der Waals surface area contributed by atoms with E-state index in [1.807, 2.05) is 6.92 Å². The monoisotopic (exact) mass is 374 g/mol. The predicted molar refractivity (Wildman–Crippen MR) is 98.7 cm³/mol. The SMILES string of the molecule is CC(=O)c1ccc(S(=O)(=O)NCc2cc(C)nc(N3CCCC3)n2)cc1. The van der Waals surface area contributed by atoms with Gasteiger partial charge in [-0.15, -0.1) is 0 Å². The van der Waals surface area contributed by atoms with E-state index in [2.05, 4.69) is 19.6 Å². The van der Waals surface area contributed by atoms with Gasteiger partial charge >= 0.3 is 0 Å². The van der Waals surface area contributed by atoms with Crippen molar-refractivity contribution in [1.29, 1.82) is 0 Å². The molecule has 8 heteroatoms. The Balaban J connectivity index is 1.74. The summed E-state index contributed by atoms with van der Waals surface area (Å²) < 4.78 is 27.5. The van der Waals surface area contributed by atoms with Crippen LogP contribution in [0.5, 0.6) is 0 Å². The predicted octanol–water partition coefficient (Wildman–Crippen LogP) is 2.07. The summed E-state index contributed by atoms with van der Waals surface area (Å²) >= 11 is 0. The molecule has 0 unspecified atom stereocenters. The number of nitrogens with one attached hydrogen (secondary N) is 1. The van der Waals surface area contributed by atoms with E-state index in [9.17, 15) is 13.2 Å². The third-order valence-corrected chi connectivity index (χ3v) is 5.72. The average Bonchev–Trinajstić information content (AvgIpc) is 3.14. The molecule has 0 bridgehead atoms. The molecule has 7 nitrogen and oxygen atoms in total. The van der Waals surface area contributed by atoms with Gasteiger partial charge in [-0.3, -0.25) is 4.79 Å². The summed E-state index contributed by atoms with van der Waals surface area (Å²) in [6.07, 6.45) is 2.24. The molecule has 2 aromatic rings. The molecule has 3 rings (SSSR count). The third-order valence-electron chi connectivity index (χ3n) is 4.30. The van der Waals surface area contributed by atoms with Crippen molar-refractivity contribution in [1.82, 2.24) is 14.7 Å². The second-order valence-corrected chi connectivity index (χ2v) is 8.17. The quantitative estimate of drug-likeness (QED) is 0.778. The summed E-state index contributed by atoms with van der Waals surface area (Å²) in [6, 6.07) is 7.66. The maximum atomic E-state index is 12.5. The molecular weight excluding hydrogens is 352 g/mol. The minimum atomic E-state index is -3.68. The van der Waals surface area contributed by atoms with Crippen LogP contribution in [-0.4, -0.2) is 37.3 Å². The third kappa shape index (κ3) is 4.25. The highest BCUT2D eigenvalue weighted by molar-refractivity contribution is 7.89. The normalized spacial score (nSPS) is 14.6. The number of hydrogen-bond donors (Lipinski definition) is 1. The van der Waals surface area contributed by atoms with Gasteiger partial charge in [-0.25, -0.2) is 23.1 Å². The van der Waals surface area contributed by atoms with Crippen molar-refractivity contribution in [3.63, 3.8) is 0 Å². The van der Waals surface area contributed by atoms with Crippen LogP contribution in [0.25, 0.3) is 0 Å². The van der Waals surface area contributed by atoms with Crippen LogP contribution in [0.2, 0.25) is 0 Å². The summed E-state index contributed by atoms with van der Waals surface area (Å²) in [5.41, 5.74) is 1.91.